The summed E-state index contributed by atoms with van der Waals surface area (Å²) in [6.45, 7) is 7.98. The van der Waals surface area contributed by atoms with Gasteiger partial charge in [0.25, 0.3) is 0 Å². The molecule has 2 aliphatic heterocycles. The lowest BCUT2D eigenvalue weighted by Crippen LogP contribution is -2.51. The Bertz CT molecular complexity index is 373. The molecule has 0 radical (unpaired) electrons. The third kappa shape index (κ3) is 4.19. The number of nitrogens with one attached hydrogen (secondary N) is 1. The van der Waals surface area contributed by atoms with Crippen molar-refractivity contribution in [3.8, 4) is 0 Å². The van der Waals surface area contributed by atoms with E-state index in [0.29, 0.717) is 25.4 Å². The molecule has 0 spiro atoms. The van der Waals surface area contributed by atoms with E-state index in [9.17, 15) is 9.59 Å². The summed E-state index contributed by atoms with van der Waals surface area (Å²) in [6, 6.07) is -0.0165. The van der Waals surface area contributed by atoms with Crippen LogP contribution in [0.4, 0.5) is 0 Å². The number of hydrogen-bond acceptors (Lipinski definition) is 3. The number of carbonyl (C=O) groups is 2. The Morgan fingerprint density at radius 2 is 1.81 bits per heavy atom. The fraction of sp³-hybridized carbons (Fsp3) is 0.875. The molecule has 21 heavy (non-hydrogen) atoms. The normalized spacial score (nSPS) is 27.3. The van der Waals surface area contributed by atoms with Crippen LogP contribution in [0, 0.1) is 5.92 Å². The third-order valence-electron chi connectivity index (χ3n) is 4.85. The molecule has 0 aromatic heterocycles. The largest absolute Gasteiger partial charge is 0.341 e. The van der Waals surface area contributed by atoms with Gasteiger partial charge in [-0.25, -0.2) is 0 Å². The first kappa shape index (κ1) is 16.3. The van der Waals surface area contributed by atoms with Gasteiger partial charge >= 0.3 is 0 Å². The first-order valence-electron chi connectivity index (χ1n) is 8.45. The second-order valence-electron chi connectivity index (χ2n) is 6.22. The predicted molar refractivity (Wildman–Crippen MR) is 82.9 cm³/mol. The van der Waals surface area contributed by atoms with Crippen LogP contribution in [-0.4, -0.2) is 60.4 Å². The van der Waals surface area contributed by atoms with Crippen LogP contribution in [0.25, 0.3) is 0 Å². The maximum absolute atomic E-state index is 12.7. The van der Waals surface area contributed by atoms with E-state index in [2.05, 4.69) is 12.2 Å². The van der Waals surface area contributed by atoms with E-state index in [-0.39, 0.29) is 17.9 Å². The highest BCUT2D eigenvalue weighted by Gasteiger charge is 2.30. The van der Waals surface area contributed by atoms with Crippen LogP contribution in [0.2, 0.25) is 0 Å². The van der Waals surface area contributed by atoms with Crippen LogP contribution in [0.15, 0.2) is 0 Å². The van der Waals surface area contributed by atoms with Gasteiger partial charge in [0.1, 0.15) is 0 Å². The average Bonchev–Trinajstić information content (AvgIpc) is 2.79. The molecule has 2 rings (SSSR count). The van der Waals surface area contributed by atoms with E-state index < -0.39 is 0 Å². The van der Waals surface area contributed by atoms with Crippen molar-refractivity contribution >= 4 is 11.8 Å². The number of nitrogens with zero attached hydrogens (tertiary/aromatic N) is 2. The molecule has 120 valence electrons. The summed E-state index contributed by atoms with van der Waals surface area (Å²) >= 11 is 0. The minimum atomic E-state index is -0.0165. The van der Waals surface area contributed by atoms with Crippen molar-refractivity contribution in [1.29, 1.82) is 0 Å². The highest BCUT2D eigenvalue weighted by atomic mass is 16.2. The SMILES string of the molecule is CCC(=O)N1CCCN(C(=O)C2CC(CC)CCN2)CC1. The number of amides is 2. The van der Waals surface area contributed by atoms with Crippen LogP contribution >= 0.6 is 0 Å². The van der Waals surface area contributed by atoms with Gasteiger partial charge in [0, 0.05) is 32.6 Å². The minimum Gasteiger partial charge on any atom is -0.341 e. The molecule has 0 aromatic rings. The molecular formula is C16H29N3O2. The summed E-state index contributed by atoms with van der Waals surface area (Å²) in [5, 5.41) is 3.37. The lowest BCUT2D eigenvalue weighted by Gasteiger charge is -2.32. The fourth-order valence-corrected chi connectivity index (χ4v) is 3.39. The van der Waals surface area contributed by atoms with E-state index in [1.54, 1.807) is 0 Å². The average molecular weight is 295 g/mol. The van der Waals surface area contributed by atoms with Crippen molar-refractivity contribution in [2.45, 2.75) is 52.0 Å². The Hall–Kier alpha value is -1.10. The van der Waals surface area contributed by atoms with E-state index >= 15 is 0 Å². The first-order chi connectivity index (χ1) is 10.2. The summed E-state index contributed by atoms with van der Waals surface area (Å²) in [5.74, 6) is 1.11. The standard InChI is InChI=1S/C16H29N3O2/c1-3-13-6-7-17-14(12-13)16(21)19-9-5-8-18(10-11-19)15(20)4-2/h13-14,17H,3-12H2,1-2H3. The molecule has 2 unspecified atom stereocenters. The van der Waals surface area contributed by atoms with Gasteiger partial charge in [0.05, 0.1) is 6.04 Å². The molecule has 0 bridgehead atoms. The van der Waals surface area contributed by atoms with E-state index in [1.807, 2.05) is 16.7 Å². The van der Waals surface area contributed by atoms with Gasteiger partial charge in [-0.05, 0) is 31.7 Å². The molecule has 0 saturated carbocycles. The van der Waals surface area contributed by atoms with Gasteiger partial charge in [0.15, 0.2) is 0 Å². The summed E-state index contributed by atoms with van der Waals surface area (Å²) in [4.78, 5) is 28.3. The zero-order valence-corrected chi connectivity index (χ0v) is 13.4. The summed E-state index contributed by atoms with van der Waals surface area (Å²) in [6.07, 6.45) is 4.74. The highest BCUT2D eigenvalue weighted by Crippen LogP contribution is 2.21. The van der Waals surface area contributed by atoms with Gasteiger partial charge in [-0.3, -0.25) is 9.59 Å². The molecule has 2 fully saturated rings. The summed E-state index contributed by atoms with van der Waals surface area (Å²) in [7, 11) is 0. The zero-order chi connectivity index (χ0) is 15.2. The second kappa shape index (κ2) is 7.78. The lowest BCUT2D eigenvalue weighted by molar-refractivity contribution is -0.135. The molecular weight excluding hydrogens is 266 g/mol. The summed E-state index contributed by atoms with van der Waals surface area (Å²) in [5.41, 5.74) is 0. The Balaban J connectivity index is 1.89. The quantitative estimate of drug-likeness (QED) is 0.852. The lowest BCUT2D eigenvalue weighted by atomic mass is 9.90. The van der Waals surface area contributed by atoms with Crippen LogP contribution < -0.4 is 5.32 Å². The predicted octanol–water partition coefficient (Wildman–Crippen LogP) is 1.24. The molecule has 2 atom stereocenters. The highest BCUT2D eigenvalue weighted by molar-refractivity contribution is 5.82. The number of carbonyl (C=O) groups excluding carboxylic acids is 2. The molecule has 2 saturated heterocycles. The second-order valence-corrected chi connectivity index (χ2v) is 6.22. The van der Waals surface area contributed by atoms with Crippen molar-refractivity contribution in [1.82, 2.24) is 15.1 Å². The molecule has 5 nitrogen and oxygen atoms in total. The fourth-order valence-electron chi connectivity index (χ4n) is 3.39. The molecule has 0 aromatic carbocycles. The van der Waals surface area contributed by atoms with Crippen molar-refractivity contribution in [2.24, 2.45) is 5.92 Å². The van der Waals surface area contributed by atoms with Crippen LogP contribution in [-0.2, 0) is 9.59 Å². The first-order valence-corrected chi connectivity index (χ1v) is 8.45. The Kier molecular flexibility index (Phi) is 6.03. The van der Waals surface area contributed by atoms with E-state index in [1.165, 1.54) is 6.42 Å². The topological polar surface area (TPSA) is 52.7 Å². The van der Waals surface area contributed by atoms with Crippen LogP contribution in [0.3, 0.4) is 0 Å². The van der Waals surface area contributed by atoms with Gasteiger partial charge in [-0.1, -0.05) is 20.3 Å². The molecule has 0 aliphatic carbocycles. The Morgan fingerprint density at radius 1 is 1.10 bits per heavy atom. The zero-order valence-electron chi connectivity index (χ0n) is 13.4. The minimum absolute atomic E-state index is 0.0165. The number of rotatable bonds is 3. The van der Waals surface area contributed by atoms with E-state index in [0.717, 1.165) is 38.9 Å². The van der Waals surface area contributed by atoms with Crippen molar-refractivity contribution in [3.63, 3.8) is 0 Å². The molecule has 2 heterocycles. The number of hydrogen-bond donors (Lipinski definition) is 1. The molecule has 2 amide bonds. The maximum Gasteiger partial charge on any atom is 0.239 e. The van der Waals surface area contributed by atoms with E-state index in [4.69, 9.17) is 0 Å². The monoisotopic (exact) mass is 295 g/mol. The maximum atomic E-state index is 12.7. The Labute approximate surface area is 128 Å². The van der Waals surface area contributed by atoms with Crippen LogP contribution in [0.5, 0.6) is 0 Å². The summed E-state index contributed by atoms with van der Waals surface area (Å²) < 4.78 is 0. The van der Waals surface area contributed by atoms with Gasteiger partial charge in [0.2, 0.25) is 11.8 Å². The number of piperidine rings is 1. The van der Waals surface area contributed by atoms with Crippen molar-refractivity contribution < 1.29 is 9.59 Å². The van der Waals surface area contributed by atoms with Crippen molar-refractivity contribution in [3.05, 3.63) is 0 Å². The molecule has 1 N–H and O–H groups in total. The van der Waals surface area contributed by atoms with Crippen molar-refractivity contribution in [2.75, 3.05) is 32.7 Å². The molecule has 5 heteroatoms. The molecule has 2 aliphatic rings. The smallest absolute Gasteiger partial charge is 0.239 e. The third-order valence-corrected chi connectivity index (χ3v) is 4.85. The van der Waals surface area contributed by atoms with Gasteiger partial charge in [-0.2, -0.15) is 0 Å². The van der Waals surface area contributed by atoms with Gasteiger partial charge in [-0.15, -0.1) is 0 Å². The Morgan fingerprint density at radius 3 is 2.52 bits per heavy atom. The van der Waals surface area contributed by atoms with Gasteiger partial charge < -0.3 is 15.1 Å². The van der Waals surface area contributed by atoms with Crippen LogP contribution in [0.1, 0.15) is 46.0 Å².